The molecular weight excluding hydrogens is 522 g/mol. The summed E-state index contributed by atoms with van der Waals surface area (Å²) >= 11 is 3.28. The summed E-state index contributed by atoms with van der Waals surface area (Å²) in [6.07, 6.45) is 3.54. The molecule has 0 unspecified atom stereocenters. The molecule has 0 saturated heterocycles. The van der Waals surface area contributed by atoms with E-state index < -0.39 is 5.60 Å². The van der Waals surface area contributed by atoms with Crippen molar-refractivity contribution in [3.05, 3.63) is 76.4 Å². The molecular formula is C28H30BrN3O4. The number of nitrogens with zero attached hydrogens (tertiary/aromatic N) is 2. The molecule has 0 radical (unpaired) electrons. The minimum atomic E-state index is -0.491. The minimum Gasteiger partial charge on any atom is -0.490 e. The summed E-state index contributed by atoms with van der Waals surface area (Å²) in [4.78, 5) is 11.9. The highest BCUT2D eigenvalue weighted by molar-refractivity contribution is 9.10. The molecule has 188 valence electrons. The summed E-state index contributed by atoms with van der Waals surface area (Å²) in [7, 11) is 0. The largest absolute Gasteiger partial charge is 0.490 e. The van der Waals surface area contributed by atoms with Crippen LogP contribution in [-0.2, 0) is 10.2 Å². The van der Waals surface area contributed by atoms with E-state index in [9.17, 15) is 4.79 Å². The van der Waals surface area contributed by atoms with Crippen molar-refractivity contribution in [1.29, 1.82) is 0 Å². The Morgan fingerprint density at radius 2 is 1.53 bits per heavy atom. The fourth-order valence-electron chi connectivity index (χ4n) is 4.49. The number of hydrogen-bond acceptors (Lipinski definition) is 6. The molecule has 0 spiro atoms. The van der Waals surface area contributed by atoms with Crippen LogP contribution < -0.4 is 14.8 Å². The molecule has 36 heavy (non-hydrogen) atoms. The number of nitrogens with one attached hydrogen (secondary N) is 1. The van der Waals surface area contributed by atoms with Crippen molar-refractivity contribution in [1.82, 2.24) is 15.5 Å². The fourth-order valence-corrected chi connectivity index (χ4v) is 4.70. The van der Waals surface area contributed by atoms with Crippen molar-refractivity contribution >= 4 is 22.0 Å². The molecule has 2 aliphatic carbocycles. The maximum absolute atomic E-state index is 11.9. The maximum atomic E-state index is 11.9. The number of rotatable bonds is 7. The fraction of sp³-hybridized carbons (Fsp3) is 0.393. The van der Waals surface area contributed by atoms with Gasteiger partial charge in [0.1, 0.15) is 27.8 Å². The van der Waals surface area contributed by atoms with Gasteiger partial charge in [-0.2, -0.15) is 0 Å². The second kappa shape index (κ2) is 9.73. The third-order valence-electron chi connectivity index (χ3n) is 6.51. The van der Waals surface area contributed by atoms with Crippen molar-refractivity contribution in [2.45, 2.75) is 69.6 Å². The standard InChI is InChI=1S/C28H30BrN3O4/c1-27(2,3)36-26(33)30-20-16-23(17-20)34-21-8-4-18(5-9-21)28(14-15-28)19-6-10-22(11-7-19)35-25-13-12-24(29)31-32-25/h4-13,20,23H,14-17H2,1-3H3,(H,30,33). The van der Waals surface area contributed by atoms with Gasteiger partial charge in [-0.25, -0.2) is 4.79 Å². The van der Waals surface area contributed by atoms with Gasteiger partial charge in [-0.05, 0) is 91.0 Å². The number of aromatic nitrogens is 2. The molecule has 7 nitrogen and oxygen atoms in total. The summed E-state index contributed by atoms with van der Waals surface area (Å²) in [5.74, 6) is 2.05. The van der Waals surface area contributed by atoms with Crippen LogP contribution in [0.15, 0.2) is 65.3 Å². The molecule has 0 aliphatic heterocycles. The van der Waals surface area contributed by atoms with Gasteiger partial charge in [-0.1, -0.05) is 24.3 Å². The zero-order valence-electron chi connectivity index (χ0n) is 20.7. The molecule has 2 saturated carbocycles. The van der Waals surface area contributed by atoms with Gasteiger partial charge in [0, 0.05) is 30.4 Å². The Morgan fingerprint density at radius 1 is 0.917 bits per heavy atom. The number of carbonyl (C=O) groups excluding carboxylic acids is 1. The first-order chi connectivity index (χ1) is 17.2. The number of ether oxygens (including phenoxy) is 3. The third-order valence-corrected chi connectivity index (χ3v) is 6.94. The molecule has 2 aliphatic rings. The van der Waals surface area contributed by atoms with Crippen LogP contribution in [0.2, 0.25) is 0 Å². The summed E-state index contributed by atoms with van der Waals surface area (Å²) in [5, 5.41) is 10.9. The molecule has 1 heterocycles. The van der Waals surface area contributed by atoms with E-state index in [1.54, 1.807) is 12.1 Å². The Morgan fingerprint density at radius 3 is 2.06 bits per heavy atom. The van der Waals surface area contributed by atoms with Gasteiger partial charge in [-0.3, -0.25) is 0 Å². The Kier molecular flexibility index (Phi) is 6.64. The van der Waals surface area contributed by atoms with Crippen LogP contribution in [0, 0.1) is 0 Å². The Labute approximate surface area is 219 Å². The Hall–Kier alpha value is -3.13. The second-order valence-corrected chi connectivity index (χ2v) is 11.3. The average molecular weight is 552 g/mol. The number of carbonyl (C=O) groups is 1. The predicted molar refractivity (Wildman–Crippen MR) is 140 cm³/mol. The van der Waals surface area contributed by atoms with Crippen LogP contribution in [0.4, 0.5) is 4.79 Å². The number of alkyl carbamates (subject to hydrolysis) is 1. The Balaban J connectivity index is 1.14. The molecule has 0 atom stereocenters. The van der Waals surface area contributed by atoms with Crippen LogP contribution >= 0.6 is 15.9 Å². The van der Waals surface area contributed by atoms with E-state index in [-0.39, 0.29) is 23.7 Å². The normalized spacial score (nSPS) is 20.1. The summed E-state index contributed by atoms with van der Waals surface area (Å²) in [6.45, 7) is 5.58. The van der Waals surface area contributed by atoms with Crippen LogP contribution in [0.1, 0.15) is 57.6 Å². The third kappa shape index (κ3) is 5.81. The first kappa shape index (κ1) is 24.6. The van der Waals surface area contributed by atoms with Gasteiger partial charge in [0.25, 0.3) is 0 Å². The Bertz CT molecular complexity index is 1200. The van der Waals surface area contributed by atoms with Crippen molar-refractivity contribution in [2.24, 2.45) is 0 Å². The van der Waals surface area contributed by atoms with E-state index >= 15 is 0 Å². The van der Waals surface area contributed by atoms with Crippen molar-refractivity contribution in [3.63, 3.8) is 0 Å². The molecule has 2 aromatic carbocycles. The topological polar surface area (TPSA) is 82.6 Å². The van der Waals surface area contributed by atoms with E-state index in [2.05, 4.69) is 55.7 Å². The van der Waals surface area contributed by atoms with Crippen LogP contribution in [-0.4, -0.2) is 34.0 Å². The second-order valence-electron chi connectivity index (χ2n) is 10.5. The zero-order valence-corrected chi connectivity index (χ0v) is 22.2. The zero-order chi connectivity index (χ0) is 25.3. The highest BCUT2D eigenvalue weighted by atomic mass is 79.9. The van der Waals surface area contributed by atoms with E-state index in [0.717, 1.165) is 37.2 Å². The highest BCUT2D eigenvalue weighted by Crippen LogP contribution is 2.54. The van der Waals surface area contributed by atoms with E-state index in [1.165, 1.54) is 11.1 Å². The summed E-state index contributed by atoms with van der Waals surface area (Å²) in [5.41, 5.74) is 2.13. The summed E-state index contributed by atoms with van der Waals surface area (Å²) in [6, 6.07) is 20.3. The molecule has 1 aromatic heterocycles. The van der Waals surface area contributed by atoms with E-state index in [4.69, 9.17) is 14.2 Å². The molecule has 1 N–H and O–H groups in total. The smallest absolute Gasteiger partial charge is 0.407 e. The quantitative estimate of drug-likeness (QED) is 0.358. The van der Waals surface area contributed by atoms with Gasteiger partial charge in [0.2, 0.25) is 5.88 Å². The molecule has 3 aromatic rings. The van der Waals surface area contributed by atoms with Gasteiger partial charge in [0.15, 0.2) is 0 Å². The maximum Gasteiger partial charge on any atom is 0.407 e. The van der Waals surface area contributed by atoms with Crippen molar-refractivity contribution in [3.8, 4) is 17.4 Å². The van der Waals surface area contributed by atoms with Crippen LogP contribution in [0.25, 0.3) is 0 Å². The first-order valence-corrected chi connectivity index (χ1v) is 13.0. The van der Waals surface area contributed by atoms with Gasteiger partial charge in [-0.15, -0.1) is 10.2 Å². The predicted octanol–water partition coefficient (Wildman–Crippen LogP) is 6.55. The molecule has 5 rings (SSSR count). The molecule has 1 amide bonds. The van der Waals surface area contributed by atoms with E-state index in [0.29, 0.717) is 10.5 Å². The van der Waals surface area contributed by atoms with Gasteiger partial charge in [0.05, 0.1) is 0 Å². The van der Waals surface area contributed by atoms with Gasteiger partial charge >= 0.3 is 6.09 Å². The van der Waals surface area contributed by atoms with Gasteiger partial charge < -0.3 is 19.5 Å². The molecule has 8 heteroatoms. The van der Waals surface area contributed by atoms with Crippen molar-refractivity contribution in [2.75, 3.05) is 0 Å². The average Bonchev–Trinajstić information content (AvgIpc) is 3.61. The molecule has 0 bridgehead atoms. The first-order valence-electron chi connectivity index (χ1n) is 12.2. The number of amides is 1. The lowest BCUT2D eigenvalue weighted by Crippen LogP contribution is -2.50. The SMILES string of the molecule is CC(C)(C)OC(=O)NC1CC(Oc2ccc(C3(c4ccc(Oc5ccc(Br)nn5)cc4)CC3)cc2)C1. The lowest BCUT2D eigenvalue weighted by molar-refractivity contribution is 0.0363. The minimum absolute atomic E-state index is 0.0490. The molecule has 2 fully saturated rings. The highest BCUT2D eigenvalue weighted by Gasteiger charge is 2.45. The number of halogens is 1. The number of hydrogen-bond donors (Lipinski definition) is 1. The van der Waals surface area contributed by atoms with Crippen LogP contribution in [0.3, 0.4) is 0 Å². The monoisotopic (exact) mass is 551 g/mol. The van der Waals surface area contributed by atoms with Crippen LogP contribution in [0.5, 0.6) is 17.4 Å². The summed E-state index contributed by atoms with van der Waals surface area (Å²) < 4.78 is 17.9. The lowest BCUT2D eigenvalue weighted by atomic mass is 9.88. The lowest BCUT2D eigenvalue weighted by Gasteiger charge is -2.36. The number of benzene rings is 2. The van der Waals surface area contributed by atoms with Crippen molar-refractivity contribution < 1.29 is 19.0 Å². The van der Waals surface area contributed by atoms with E-state index in [1.807, 2.05) is 45.0 Å².